The van der Waals surface area contributed by atoms with E-state index in [2.05, 4.69) is 0 Å². The topological polar surface area (TPSA) is 88.8 Å². The van der Waals surface area contributed by atoms with Crippen LogP contribution in [0.25, 0.3) is 10.4 Å². The first-order chi connectivity index (χ1) is 13.0. The molecular weight excluding hydrogens is 368 g/mol. The Morgan fingerprint density at radius 2 is 2.04 bits per heavy atom. The number of ether oxygens (including phenoxy) is 1. The first kappa shape index (κ1) is 17.9. The average Bonchev–Trinajstić information content (AvgIpc) is 3.16. The lowest BCUT2D eigenvalue weighted by Crippen LogP contribution is -2.50. The normalized spacial score (nSPS) is 21.0. The number of nitrogens with zero attached hydrogens (tertiary/aromatic N) is 2. The zero-order valence-corrected chi connectivity index (χ0v) is 15.5. The van der Waals surface area contributed by atoms with Gasteiger partial charge in [0.05, 0.1) is 5.56 Å². The quantitative estimate of drug-likeness (QED) is 0.841. The predicted molar refractivity (Wildman–Crippen MR) is 99.9 cm³/mol. The van der Waals surface area contributed by atoms with E-state index in [0.717, 1.165) is 22.6 Å². The molecule has 7 nitrogen and oxygen atoms in total. The number of carbonyl (C=O) groups is 2. The molecule has 2 bridgehead atoms. The van der Waals surface area contributed by atoms with Crippen molar-refractivity contribution in [2.24, 2.45) is 5.92 Å². The van der Waals surface area contributed by atoms with Crippen molar-refractivity contribution in [1.29, 1.82) is 0 Å². The van der Waals surface area contributed by atoms with Crippen LogP contribution in [0.5, 0.6) is 0 Å². The number of carboxylic acids is 1. The van der Waals surface area contributed by atoms with Gasteiger partial charge in [0.25, 0.3) is 5.56 Å². The van der Waals surface area contributed by atoms with Gasteiger partial charge in [-0.15, -0.1) is 11.3 Å². The molecule has 0 radical (unpaired) electrons. The number of carbonyl (C=O) groups excluding carboxylic acids is 1. The number of aliphatic carboxylic acids is 1. The van der Waals surface area contributed by atoms with Gasteiger partial charge >= 0.3 is 5.97 Å². The Kier molecular flexibility index (Phi) is 4.84. The van der Waals surface area contributed by atoms with Crippen LogP contribution in [0.4, 0.5) is 0 Å². The molecule has 2 aliphatic heterocycles. The molecule has 27 heavy (non-hydrogen) atoms. The number of rotatable bonds is 5. The van der Waals surface area contributed by atoms with Crippen LogP contribution in [0, 0.1) is 5.92 Å². The van der Waals surface area contributed by atoms with Crippen LogP contribution in [0.15, 0.2) is 34.4 Å². The molecular formula is C19H20N2O5S. The number of fused-ring (bicyclic) bond motifs is 4. The second-order valence-electron chi connectivity index (χ2n) is 7.05. The lowest BCUT2D eigenvalue weighted by molar-refractivity contribution is -0.146. The van der Waals surface area contributed by atoms with E-state index in [4.69, 9.17) is 9.84 Å². The minimum Gasteiger partial charge on any atom is -0.480 e. The van der Waals surface area contributed by atoms with Crippen LogP contribution in [0.3, 0.4) is 0 Å². The highest BCUT2D eigenvalue weighted by Crippen LogP contribution is 2.36. The largest absolute Gasteiger partial charge is 0.480 e. The fourth-order valence-electron chi connectivity index (χ4n) is 4.09. The number of hydrogen-bond acceptors (Lipinski definition) is 5. The third-order valence-electron chi connectivity index (χ3n) is 5.19. The van der Waals surface area contributed by atoms with E-state index >= 15 is 0 Å². The molecule has 0 aromatic carbocycles. The molecule has 2 aliphatic rings. The minimum atomic E-state index is -1.09. The highest BCUT2D eigenvalue weighted by atomic mass is 32.1. The molecule has 0 saturated carbocycles. The molecule has 2 aromatic heterocycles. The predicted octanol–water partition coefficient (Wildman–Crippen LogP) is 1.62. The Bertz CT molecular complexity index is 921. The molecule has 2 atom stereocenters. The van der Waals surface area contributed by atoms with E-state index in [1.807, 2.05) is 34.2 Å². The Morgan fingerprint density at radius 1 is 1.19 bits per heavy atom. The van der Waals surface area contributed by atoms with Crippen LogP contribution in [-0.4, -0.2) is 52.8 Å². The molecule has 2 unspecified atom stereocenters. The SMILES string of the molecule is O=C(O)COCC(=O)N1CC2CC(C1)c1ccc(-c3cccs3)c(=O)n1C2. The first-order valence-electron chi connectivity index (χ1n) is 8.88. The van der Waals surface area contributed by atoms with Gasteiger partial charge in [-0.05, 0) is 35.9 Å². The second-order valence-corrected chi connectivity index (χ2v) is 8.00. The molecule has 4 rings (SSSR count). The van der Waals surface area contributed by atoms with Gasteiger partial charge in [-0.3, -0.25) is 9.59 Å². The third kappa shape index (κ3) is 3.54. The highest BCUT2D eigenvalue weighted by molar-refractivity contribution is 7.13. The van der Waals surface area contributed by atoms with Gasteiger partial charge in [-0.1, -0.05) is 6.07 Å². The van der Waals surface area contributed by atoms with Crippen molar-refractivity contribution in [2.75, 3.05) is 26.3 Å². The van der Waals surface area contributed by atoms with Crippen LogP contribution < -0.4 is 5.56 Å². The van der Waals surface area contributed by atoms with Gasteiger partial charge < -0.3 is 19.3 Å². The third-order valence-corrected chi connectivity index (χ3v) is 6.10. The summed E-state index contributed by atoms with van der Waals surface area (Å²) < 4.78 is 6.80. The summed E-state index contributed by atoms with van der Waals surface area (Å²) in [6.07, 6.45) is 0.956. The maximum atomic E-state index is 13.0. The molecule has 0 spiro atoms. The summed E-state index contributed by atoms with van der Waals surface area (Å²) in [5, 5.41) is 10.6. The standard InChI is InChI=1S/C19H20N2O5S/c22-17(10-26-11-18(23)24)20-7-12-6-13(9-20)15-4-3-14(16-2-1-5-27-16)19(25)21(15)8-12/h1-5,12-13H,6-11H2,(H,23,24). The highest BCUT2D eigenvalue weighted by Gasteiger charge is 2.36. The van der Waals surface area contributed by atoms with Crippen LogP contribution in [0.1, 0.15) is 18.0 Å². The van der Waals surface area contributed by atoms with E-state index in [9.17, 15) is 14.4 Å². The van der Waals surface area contributed by atoms with Crippen molar-refractivity contribution in [3.8, 4) is 10.4 Å². The number of hydrogen-bond donors (Lipinski definition) is 1. The zero-order valence-electron chi connectivity index (χ0n) is 14.7. The molecule has 1 fully saturated rings. The summed E-state index contributed by atoms with van der Waals surface area (Å²) in [4.78, 5) is 38.5. The van der Waals surface area contributed by atoms with Gasteiger partial charge in [0, 0.05) is 36.1 Å². The number of aromatic nitrogens is 1. The number of pyridine rings is 1. The number of likely N-dealkylation sites (tertiary alicyclic amines) is 1. The lowest BCUT2D eigenvalue weighted by atomic mass is 9.83. The van der Waals surface area contributed by atoms with Crippen molar-refractivity contribution < 1.29 is 19.4 Å². The fourth-order valence-corrected chi connectivity index (χ4v) is 4.83. The molecule has 8 heteroatoms. The molecule has 0 aliphatic carbocycles. The maximum absolute atomic E-state index is 13.0. The molecule has 2 aromatic rings. The number of thiophene rings is 1. The Balaban J connectivity index is 1.53. The smallest absolute Gasteiger partial charge is 0.329 e. The zero-order chi connectivity index (χ0) is 19.0. The summed E-state index contributed by atoms with van der Waals surface area (Å²) in [5.41, 5.74) is 1.73. The molecule has 142 valence electrons. The number of amides is 1. The van der Waals surface area contributed by atoms with Gasteiger partial charge in [0.1, 0.15) is 13.2 Å². The fraction of sp³-hybridized carbons (Fsp3) is 0.421. The van der Waals surface area contributed by atoms with Gasteiger partial charge in [0.15, 0.2) is 0 Å². The van der Waals surface area contributed by atoms with E-state index in [-0.39, 0.29) is 29.9 Å². The number of piperidine rings is 1. The Hall–Kier alpha value is -2.45. The summed E-state index contributed by atoms with van der Waals surface area (Å²) >= 11 is 1.55. The second kappa shape index (κ2) is 7.28. The summed E-state index contributed by atoms with van der Waals surface area (Å²) in [7, 11) is 0. The molecule has 4 heterocycles. The van der Waals surface area contributed by atoms with Gasteiger partial charge in [-0.25, -0.2) is 4.79 Å². The monoisotopic (exact) mass is 388 g/mol. The van der Waals surface area contributed by atoms with Crippen molar-refractivity contribution in [2.45, 2.75) is 18.9 Å². The van der Waals surface area contributed by atoms with Gasteiger partial charge in [-0.2, -0.15) is 0 Å². The Labute approximate surface area is 159 Å². The summed E-state index contributed by atoms with van der Waals surface area (Å²) in [6, 6.07) is 7.78. The Morgan fingerprint density at radius 3 is 2.78 bits per heavy atom. The first-order valence-corrected chi connectivity index (χ1v) is 9.76. The van der Waals surface area contributed by atoms with Crippen molar-refractivity contribution in [1.82, 2.24) is 9.47 Å². The lowest BCUT2D eigenvalue weighted by Gasteiger charge is -2.42. The van der Waals surface area contributed by atoms with Crippen LogP contribution in [-0.2, 0) is 20.9 Å². The summed E-state index contributed by atoms with van der Waals surface area (Å²) in [6.45, 7) is 1.00. The van der Waals surface area contributed by atoms with E-state index in [1.54, 1.807) is 16.2 Å². The minimum absolute atomic E-state index is 0.0363. The van der Waals surface area contributed by atoms with E-state index in [0.29, 0.717) is 19.6 Å². The molecule has 1 saturated heterocycles. The van der Waals surface area contributed by atoms with Crippen molar-refractivity contribution in [3.05, 3.63) is 45.7 Å². The average molecular weight is 388 g/mol. The maximum Gasteiger partial charge on any atom is 0.329 e. The van der Waals surface area contributed by atoms with Crippen molar-refractivity contribution in [3.63, 3.8) is 0 Å². The molecule has 1 amide bonds. The van der Waals surface area contributed by atoms with E-state index in [1.165, 1.54) is 0 Å². The van der Waals surface area contributed by atoms with Crippen molar-refractivity contribution >= 4 is 23.2 Å². The van der Waals surface area contributed by atoms with Gasteiger partial charge in [0.2, 0.25) is 5.91 Å². The van der Waals surface area contributed by atoms with E-state index < -0.39 is 12.6 Å². The number of carboxylic acid groups (broad SMARTS) is 1. The van der Waals surface area contributed by atoms with Crippen LogP contribution >= 0.6 is 11.3 Å². The van der Waals surface area contributed by atoms with Crippen LogP contribution in [0.2, 0.25) is 0 Å². The summed E-state index contributed by atoms with van der Waals surface area (Å²) in [5.74, 6) is -0.952. The molecule has 1 N–H and O–H groups in total.